The Balaban J connectivity index is 1.40. The van der Waals surface area contributed by atoms with Gasteiger partial charge in [0.05, 0.1) is 30.8 Å². The fourth-order valence-corrected chi connectivity index (χ4v) is 8.00. The van der Waals surface area contributed by atoms with Crippen molar-refractivity contribution < 1.29 is 23.6 Å². The predicted molar refractivity (Wildman–Crippen MR) is 155 cm³/mol. The van der Waals surface area contributed by atoms with Gasteiger partial charge in [-0.2, -0.15) is 0 Å². The lowest BCUT2D eigenvalue weighted by Crippen LogP contribution is -2.49. The number of anilines is 1. The van der Waals surface area contributed by atoms with Crippen LogP contribution in [-0.4, -0.2) is 65.9 Å². The van der Waals surface area contributed by atoms with Crippen LogP contribution in [0.15, 0.2) is 36.4 Å². The minimum atomic E-state index is -2.87. The van der Waals surface area contributed by atoms with Gasteiger partial charge in [0.15, 0.2) is 0 Å². The predicted octanol–water partition coefficient (Wildman–Crippen LogP) is 3.98. The average molecular weight is 573 g/mol. The molecule has 2 aliphatic carbocycles. The van der Waals surface area contributed by atoms with Crippen LogP contribution in [0.5, 0.6) is 5.75 Å². The summed E-state index contributed by atoms with van der Waals surface area (Å²) in [5.41, 5.74) is 3.64. The first kappa shape index (κ1) is 26.9. The Morgan fingerprint density at radius 3 is 2.85 bits per heavy atom. The highest BCUT2D eigenvalue weighted by Crippen LogP contribution is 2.46. The number of amides is 1. The van der Waals surface area contributed by atoms with Gasteiger partial charge >= 0.3 is 0 Å². The number of nitrogens with zero attached hydrogens (tertiary/aromatic N) is 1. The van der Waals surface area contributed by atoms with E-state index in [1.54, 1.807) is 6.07 Å². The van der Waals surface area contributed by atoms with E-state index in [9.17, 15) is 14.1 Å². The van der Waals surface area contributed by atoms with Crippen LogP contribution in [0.25, 0.3) is 0 Å². The Bertz CT molecular complexity index is 1370. The standard InChI is InChI=1S/C30H37ClN2O5S/c1-39(36)14-13-37-12-10-27(34)24-7-4-22(24)17-33-18-30(11-2-3-20-15-23(31)6-8-25(20)30)19-38-28-9-5-21(16-26(28)33)29(35)32-39/h5-6,8-9,15-16,22,24,27,34H,1-4,7,10-14,17-19H2,(H,32,35,36)/t22-,24+,27+,30-,39?/m0/s1. The van der Waals surface area contributed by atoms with E-state index >= 15 is 0 Å². The summed E-state index contributed by atoms with van der Waals surface area (Å²) in [4.78, 5) is 15.6. The second kappa shape index (κ2) is 10.6. The van der Waals surface area contributed by atoms with Gasteiger partial charge < -0.3 is 19.5 Å². The number of rotatable bonds is 0. The van der Waals surface area contributed by atoms with E-state index in [4.69, 9.17) is 21.1 Å². The van der Waals surface area contributed by atoms with E-state index in [-0.39, 0.29) is 23.7 Å². The number of aliphatic hydroxyl groups is 1. The van der Waals surface area contributed by atoms with Crippen molar-refractivity contribution in [2.75, 3.05) is 43.6 Å². The van der Waals surface area contributed by atoms with Gasteiger partial charge in [0.1, 0.15) is 5.75 Å². The lowest BCUT2D eigenvalue weighted by Gasteiger charge is -2.45. The molecule has 6 rings (SSSR count). The van der Waals surface area contributed by atoms with Crippen molar-refractivity contribution in [3.8, 4) is 5.75 Å². The molecule has 1 unspecified atom stereocenters. The molecule has 9 heteroatoms. The molecule has 4 aliphatic rings. The summed E-state index contributed by atoms with van der Waals surface area (Å²) >= 11 is 6.37. The SMILES string of the molecule is C=S1(=O)CCOCC[C@@H](O)[C@@H]2CC[C@H]2CN2C[C@@]3(CCCc4cc(Cl)ccc43)COc3ccc(cc32)C(=O)N1. The number of hydrogen-bond donors (Lipinski definition) is 2. The van der Waals surface area contributed by atoms with Crippen molar-refractivity contribution in [2.24, 2.45) is 11.8 Å². The average Bonchev–Trinajstić information content (AvgIpc) is 3.02. The number of halogens is 1. The zero-order chi connectivity index (χ0) is 27.2. The number of hydrogen-bond acceptors (Lipinski definition) is 6. The van der Waals surface area contributed by atoms with Crippen LogP contribution in [0.1, 0.15) is 53.6 Å². The summed E-state index contributed by atoms with van der Waals surface area (Å²) in [6.07, 6.45) is 5.18. The zero-order valence-corrected chi connectivity index (χ0v) is 23.8. The van der Waals surface area contributed by atoms with E-state index in [2.05, 4.69) is 27.6 Å². The van der Waals surface area contributed by atoms with Crippen LogP contribution < -0.4 is 14.4 Å². The van der Waals surface area contributed by atoms with Crippen molar-refractivity contribution in [3.63, 3.8) is 0 Å². The third-order valence-corrected chi connectivity index (χ3v) is 10.7. The molecule has 2 bridgehead atoms. The number of carbonyl (C=O) groups is 1. The van der Waals surface area contributed by atoms with Crippen LogP contribution in [0.2, 0.25) is 5.02 Å². The summed E-state index contributed by atoms with van der Waals surface area (Å²) in [6, 6.07) is 11.7. The Hall–Kier alpha value is -2.26. The van der Waals surface area contributed by atoms with Gasteiger partial charge in [-0.05, 0) is 97.7 Å². The zero-order valence-electron chi connectivity index (χ0n) is 22.2. The maximum Gasteiger partial charge on any atom is 0.262 e. The first-order valence-corrected chi connectivity index (χ1v) is 16.2. The Morgan fingerprint density at radius 1 is 1.15 bits per heavy atom. The van der Waals surface area contributed by atoms with Gasteiger partial charge in [-0.1, -0.05) is 17.7 Å². The number of ether oxygens (including phenoxy) is 2. The van der Waals surface area contributed by atoms with Gasteiger partial charge in [0.2, 0.25) is 0 Å². The quantitative estimate of drug-likeness (QED) is 0.464. The highest BCUT2D eigenvalue weighted by Gasteiger charge is 2.44. The molecule has 7 nitrogen and oxygen atoms in total. The molecule has 0 saturated heterocycles. The third kappa shape index (κ3) is 5.41. The number of aliphatic hydroxyl groups excluding tert-OH is 1. The van der Waals surface area contributed by atoms with Crippen molar-refractivity contribution in [3.05, 3.63) is 58.1 Å². The van der Waals surface area contributed by atoms with Crippen molar-refractivity contribution in [2.45, 2.75) is 50.0 Å². The van der Waals surface area contributed by atoms with Crippen LogP contribution in [-0.2, 0) is 26.3 Å². The Labute approximate surface area is 236 Å². The van der Waals surface area contributed by atoms with Crippen molar-refractivity contribution in [1.29, 1.82) is 0 Å². The molecule has 2 aromatic rings. The highest BCUT2D eigenvalue weighted by atomic mass is 35.5. The molecule has 5 atom stereocenters. The molecule has 39 heavy (non-hydrogen) atoms. The number of fused-ring (bicyclic) bond motifs is 4. The van der Waals surface area contributed by atoms with Crippen LogP contribution in [0.3, 0.4) is 0 Å². The summed E-state index contributed by atoms with van der Waals surface area (Å²) in [7, 11) is -2.87. The molecular weight excluding hydrogens is 536 g/mol. The fourth-order valence-electron chi connectivity index (χ4n) is 6.86. The maximum absolute atomic E-state index is 13.2. The fraction of sp³-hybridized carbons (Fsp3) is 0.533. The van der Waals surface area contributed by atoms with Crippen LogP contribution in [0.4, 0.5) is 5.69 Å². The number of aryl methyl sites for hydroxylation is 1. The van der Waals surface area contributed by atoms with E-state index in [0.29, 0.717) is 31.1 Å². The van der Waals surface area contributed by atoms with Gasteiger partial charge in [-0.3, -0.25) is 9.52 Å². The molecule has 2 aromatic carbocycles. The monoisotopic (exact) mass is 572 g/mol. The minimum absolute atomic E-state index is 0.118. The molecule has 2 aliphatic heterocycles. The Morgan fingerprint density at radius 2 is 2.03 bits per heavy atom. The van der Waals surface area contributed by atoms with Crippen LogP contribution in [0, 0.1) is 11.8 Å². The molecule has 0 aromatic heterocycles. The topological polar surface area (TPSA) is 88.1 Å². The molecular formula is C30H37ClN2O5S. The summed E-state index contributed by atoms with van der Waals surface area (Å²) < 4.78 is 27.8. The van der Waals surface area contributed by atoms with E-state index in [1.807, 2.05) is 18.2 Å². The van der Waals surface area contributed by atoms with E-state index in [1.165, 1.54) is 11.1 Å². The van der Waals surface area contributed by atoms with Crippen molar-refractivity contribution in [1.82, 2.24) is 4.72 Å². The molecule has 1 saturated carbocycles. The second-order valence-electron chi connectivity index (χ2n) is 11.7. The normalized spacial score (nSPS) is 33.1. The van der Waals surface area contributed by atoms with E-state index < -0.39 is 21.7 Å². The second-order valence-corrected chi connectivity index (χ2v) is 14.4. The molecule has 210 valence electrons. The molecule has 2 N–H and O–H groups in total. The van der Waals surface area contributed by atoms with Gasteiger partial charge in [-0.25, -0.2) is 4.21 Å². The molecule has 1 fully saturated rings. The van der Waals surface area contributed by atoms with Gasteiger partial charge in [-0.15, -0.1) is 0 Å². The maximum atomic E-state index is 13.2. The largest absolute Gasteiger partial charge is 0.490 e. The van der Waals surface area contributed by atoms with E-state index in [0.717, 1.165) is 61.7 Å². The molecule has 1 amide bonds. The lowest BCUT2D eigenvalue weighted by atomic mass is 9.68. The Kier molecular flexibility index (Phi) is 7.33. The first-order chi connectivity index (χ1) is 18.7. The number of nitrogens with one attached hydrogen (secondary N) is 1. The van der Waals surface area contributed by atoms with Crippen molar-refractivity contribution >= 4 is 38.8 Å². The third-order valence-electron chi connectivity index (χ3n) is 9.12. The lowest BCUT2D eigenvalue weighted by molar-refractivity contribution is -0.00694. The summed E-state index contributed by atoms with van der Waals surface area (Å²) in [5, 5.41) is 11.8. The highest BCUT2D eigenvalue weighted by molar-refractivity contribution is 7.99. The van der Waals surface area contributed by atoms with Gasteiger partial charge in [0, 0.05) is 45.4 Å². The molecule has 2 heterocycles. The van der Waals surface area contributed by atoms with Crippen LogP contribution >= 0.6 is 11.6 Å². The summed E-state index contributed by atoms with van der Waals surface area (Å²) in [5.74, 6) is 4.73. The summed E-state index contributed by atoms with van der Waals surface area (Å²) in [6.45, 7) is 2.65. The first-order valence-electron chi connectivity index (χ1n) is 14.0. The smallest absolute Gasteiger partial charge is 0.262 e. The number of benzene rings is 2. The van der Waals surface area contributed by atoms with Gasteiger partial charge in [0.25, 0.3) is 5.91 Å². The minimum Gasteiger partial charge on any atom is -0.490 e. The molecule has 0 radical (unpaired) electrons. The number of carbonyl (C=O) groups excluding carboxylic acids is 1. The molecule has 1 spiro atoms.